The van der Waals surface area contributed by atoms with Crippen LogP contribution in [0.2, 0.25) is 0 Å². The molecule has 0 atom stereocenters. The first-order valence-electron chi connectivity index (χ1n) is 8.74. The molecule has 26 heavy (non-hydrogen) atoms. The summed E-state index contributed by atoms with van der Waals surface area (Å²) in [5, 5.41) is 4.83. The summed E-state index contributed by atoms with van der Waals surface area (Å²) in [6.45, 7) is 5.43. The molecule has 1 aliphatic rings. The first kappa shape index (κ1) is 18.4. The van der Waals surface area contributed by atoms with E-state index in [2.05, 4.69) is 10.2 Å². The molecule has 2 aromatic rings. The zero-order valence-corrected chi connectivity index (χ0v) is 15.6. The Kier molecular flexibility index (Phi) is 6.25. The minimum Gasteiger partial charge on any atom is -0.492 e. The van der Waals surface area contributed by atoms with E-state index in [4.69, 9.17) is 4.74 Å². The lowest BCUT2D eigenvalue weighted by Crippen LogP contribution is -2.50. The van der Waals surface area contributed by atoms with Gasteiger partial charge in [-0.2, -0.15) is 0 Å². The van der Waals surface area contributed by atoms with Crippen LogP contribution < -0.4 is 10.1 Å². The Bertz CT molecular complexity index is 740. The van der Waals surface area contributed by atoms with E-state index >= 15 is 0 Å². The highest BCUT2D eigenvalue weighted by Gasteiger charge is 2.23. The van der Waals surface area contributed by atoms with Gasteiger partial charge in [-0.05, 0) is 30.5 Å². The van der Waals surface area contributed by atoms with E-state index in [1.165, 1.54) is 11.3 Å². The number of thiophene rings is 1. The maximum atomic E-state index is 12.4. The number of para-hydroxylation sites is 2. The fourth-order valence-corrected chi connectivity index (χ4v) is 3.60. The molecular formula is C19H23N3O3S. The number of ether oxygens (including phenoxy) is 1. The average molecular weight is 373 g/mol. The van der Waals surface area contributed by atoms with Gasteiger partial charge in [0, 0.05) is 26.2 Å². The molecule has 0 radical (unpaired) electrons. The predicted octanol–water partition coefficient (Wildman–Crippen LogP) is 2.54. The number of benzene rings is 1. The number of amides is 2. The van der Waals surface area contributed by atoms with Crippen molar-refractivity contribution in [3.05, 3.63) is 46.7 Å². The van der Waals surface area contributed by atoms with Crippen LogP contribution in [0.4, 0.5) is 5.69 Å². The van der Waals surface area contributed by atoms with Crippen LogP contribution in [0.3, 0.4) is 0 Å². The van der Waals surface area contributed by atoms with E-state index < -0.39 is 0 Å². The zero-order chi connectivity index (χ0) is 18.4. The maximum Gasteiger partial charge on any atom is 0.264 e. The molecule has 1 N–H and O–H groups in total. The SMILES string of the molecule is CCOc1ccccc1NC(=O)CN1CCN(C(=O)c2cccs2)CC1. The van der Waals surface area contributed by atoms with E-state index in [-0.39, 0.29) is 11.8 Å². The number of nitrogens with one attached hydrogen (secondary N) is 1. The molecule has 1 aromatic carbocycles. The molecule has 1 saturated heterocycles. The number of carbonyl (C=O) groups excluding carboxylic acids is 2. The number of hydrogen-bond acceptors (Lipinski definition) is 5. The van der Waals surface area contributed by atoms with Gasteiger partial charge in [0.15, 0.2) is 0 Å². The number of anilines is 1. The van der Waals surface area contributed by atoms with Gasteiger partial charge < -0.3 is 15.0 Å². The van der Waals surface area contributed by atoms with Crippen LogP contribution in [0.25, 0.3) is 0 Å². The number of carbonyl (C=O) groups is 2. The second-order valence-corrected chi connectivity index (χ2v) is 6.97. The summed E-state index contributed by atoms with van der Waals surface area (Å²) >= 11 is 1.46. The molecule has 1 fully saturated rings. The number of hydrogen-bond donors (Lipinski definition) is 1. The smallest absolute Gasteiger partial charge is 0.264 e. The summed E-state index contributed by atoms with van der Waals surface area (Å²) < 4.78 is 5.53. The lowest BCUT2D eigenvalue weighted by molar-refractivity contribution is -0.117. The minimum atomic E-state index is -0.0739. The highest BCUT2D eigenvalue weighted by molar-refractivity contribution is 7.12. The Labute approximate surface area is 157 Å². The third-order valence-corrected chi connectivity index (χ3v) is 5.08. The third-order valence-electron chi connectivity index (χ3n) is 4.22. The lowest BCUT2D eigenvalue weighted by Gasteiger charge is -2.34. The molecule has 1 aromatic heterocycles. The fourth-order valence-electron chi connectivity index (χ4n) is 2.91. The van der Waals surface area contributed by atoms with Crippen molar-refractivity contribution >= 4 is 28.8 Å². The second-order valence-electron chi connectivity index (χ2n) is 6.02. The fraction of sp³-hybridized carbons (Fsp3) is 0.368. The molecule has 7 heteroatoms. The summed E-state index contributed by atoms with van der Waals surface area (Å²) in [5.41, 5.74) is 0.686. The van der Waals surface area contributed by atoms with Crippen molar-refractivity contribution < 1.29 is 14.3 Å². The van der Waals surface area contributed by atoms with Crippen LogP contribution >= 0.6 is 11.3 Å². The molecule has 0 unspecified atom stereocenters. The molecule has 3 rings (SSSR count). The zero-order valence-electron chi connectivity index (χ0n) is 14.8. The van der Waals surface area contributed by atoms with Gasteiger partial charge in [0.1, 0.15) is 5.75 Å². The van der Waals surface area contributed by atoms with Gasteiger partial charge in [-0.3, -0.25) is 14.5 Å². The number of nitrogens with zero attached hydrogens (tertiary/aromatic N) is 2. The topological polar surface area (TPSA) is 61.9 Å². The predicted molar refractivity (Wildman–Crippen MR) is 103 cm³/mol. The Morgan fingerprint density at radius 3 is 2.58 bits per heavy atom. The van der Waals surface area contributed by atoms with Gasteiger partial charge >= 0.3 is 0 Å². The van der Waals surface area contributed by atoms with E-state index in [0.29, 0.717) is 50.8 Å². The van der Waals surface area contributed by atoms with Crippen LogP contribution in [0, 0.1) is 0 Å². The molecule has 6 nitrogen and oxygen atoms in total. The summed E-state index contributed by atoms with van der Waals surface area (Å²) in [4.78, 5) is 29.4. The largest absolute Gasteiger partial charge is 0.492 e. The Balaban J connectivity index is 1.49. The van der Waals surface area contributed by atoms with Gasteiger partial charge in [0.2, 0.25) is 5.91 Å². The van der Waals surface area contributed by atoms with Gasteiger partial charge in [-0.15, -0.1) is 11.3 Å². The molecule has 1 aliphatic heterocycles. The Morgan fingerprint density at radius 1 is 1.12 bits per heavy atom. The Hall–Kier alpha value is -2.38. The van der Waals surface area contributed by atoms with Crippen LogP contribution in [0.1, 0.15) is 16.6 Å². The van der Waals surface area contributed by atoms with E-state index in [9.17, 15) is 9.59 Å². The quantitative estimate of drug-likeness (QED) is 0.845. The normalized spacial score (nSPS) is 14.9. The monoisotopic (exact) mass is 373 g/mol. The molecule has 0 aliphatic carbocycles. The number of piperazine rings is 1. The lowest BCUT2D eigenvalue weighted by atomic mass is 10.2. The average Bonchev–Trinajstić information content (AvgIpc) is 3.18. The van der Waals surface area contributed by atoms with Crippen molar-refractivity contribution in [1.82, 2.24) is 9.80 Å². The molecule has 2 heterocycles. The van der Waals surface area contributed by atoms with Crippen LogP contribution in [-0.2, 0) is 4.79 Å². The van der Waals surface area contributed by atoms with Crippen molar-refractivity contribution in [2.24, 2.45) is 0 Å². The molecule has 2 amide bonds. The summed E-state index contributed by atoms with van der Waals surface area (Å²) in [7, 11) is 0. The molecule has 0 bridgehead atoms. The van der Waals surface area contributed by atoms with Crippen molar-refractivity contribution in [2.75, 3.05) is 44.6 Å². The van der Waals surface area contributed by atoms with Crippen LogP contribution in [0.15, 0.2) is 41.8 Å². The summed E-state index contributed by atoms with van der Waals surface area (Å²) in [6.07, 6.45) is 0. The van der Waals surface area contributed by atoms with Gasteiger partial charge in [-0.1, -0.05) is 18.2 Å². The van der Waals surface area contributed by atoms with Crippen molar-refractivity contribution in [2.45, 2.75) is 6.92 Å². The number of rotatable bonds is 6. The van der Waals surface area contributed by atoms with E-state index in [0.717, 1.165) is 4.88 Å². The van der Waals surface area contributed by atoms with Gasteiger partial charge in [-0.25, -0.2) is 0 Å². The third kappa shape index (κ3) is 4.62. The first-order chi connectivity index (χ1) is 12.7. The summed E-state index contributed by atoms with van der Waals surface area (Å²) in [5.74, 6) is 0.680. The van der Waals surface area contributed by atoms with E-state index in [1.54, 1.807) is 0 Å². The van der Waals surface area contributed by atoms with Crippen molar-refractivity contribution in [1.29, 1.82) is 0 Å². The standard InChI is InChI=1S/C19H23N3O3S/c1-2-25-16-7-4-3-6-15(16)20-18(23)14-21-9-11-22(12-10-21)19(24)17-8-5-13-26-17/h3-8,13H,2,9-12,14H2,1H3,(H,20,23). The van der Waals surface area contributed by atoms with Gasteiger partial charge in [0.25, 0.3) is 5.91 Å². The van der Waals surface area contributed by atoms with Crippen LogP contribution in [-0.4, -0.2) is 60.9 Å². The molecule has 138 valence electrons. The second kappa shape index (κ2) is 8.82. The van der Waals surface area contributed by atoms with Crippen molar-refractivity contribution in [3.8, 4) is 5.75 Å². The molecule has 0 spiro atoms. The van der Waals surface area contributed by atoms with Crippen molar-refractivity contribution in [3.63, 3.8) is 0 Å². The maximum absolute atomic E-state index is 12.4. The first-order valence-corrected chi connectivity index (χ1v) is 9.62. The summed E-state index contributed by atoms with van der Waals surface area (Å²) in [6, 6.07) is 11.2. The molecular weight excluding hydrogens is 350 g/mol. The van der Waals surface area contributed by atoms with Gasteiger partial charge in [0.05, 0.1) is 23.7 Å². The Morgan fingerprint density at radius 2 is 1.88 bits per heavy atom. The van der Waals surface area contributed by atoms with Crippen LogP contribution in [0.5, 0.6) is 5.75 Å². The highest BCUT2D eigenvalue weighted by Crippen LogP contribution is 2.23. The minimum absolute atomic E-state index is 0.0739. The highest BCUT2D eigenvalue weighted by atomic mass is 32.1. The molecule has 0 saturated carbocycles. The van der Waals surface area contributed by atoms with E-state index in [1.807, 2.05) is 53.6 Å².